The van der Waals surface area contributed by atoms with Crippen molar-refractivity contribution in [1.29, 1.82) is 0 Å². The van der Waals surface area contributed by atoms with E-state index in [0.29, 0.717) is 19.3 Å². The van der Waals surface area contributed by atoms with Gasteiger partial charge < -0.3 is 24.2 Å². The van der Waals surface area contributed by atoms with Gasteiger partial charge in [0.1, 0.15) is 12.7 Å². The molecule has 0 aromatic heterocycles. The molecule has 0 aliphatic carbocycles. The molecule has 0 spiro atoms. The van der Waals surface area contributed by atoms with E-state index in [9.17, 15) is 28.9 Å². The van der Waals surface area contributed by atoms with E-state index in [1.54, 1.807) is 0 Å². The first kappa shape index (κ1) is 68.9. The van der Waals surface area contributed by atoms with E-state index in [-0.39, 0.29) is 25.9 Å². The summed E-state index contributed by atoms with van der Waals surface area (Å²) in [4.78, 5) is 48.5. The number of aliphatic hydroxyl groups is 1. The number of carbonyl (C=O) groups is 3. The third-order valence-electron chi connectivity index (χ3n) is 12.1. The van der Waals surface area contributed by atoms with Crippen LogP contribution in [0.15, 0.2) is 72.9 Å². The van der Waals surface area contributed by atoms with Gasteiger partial charge in [-0.3, -0.25) is 23.4 Å². The number of unbranched alkanes of at least 4 members (excludes halogenated alkanes) is 24. The summed E-state index contributed by atoms with van der Waals surface area (Å²) in [6.45, 7) is 4.46. The minimum atomic E-state index is -4.76. The number of esters is 3. The maximum atomic E-state index is 12.9. The van der Waals surface area contributed by atoms with Gasteiger partial charge in [0.05, 0.1) is 19.8 Å². The lowest BCUT2D eigenvalue weighted by Gasteiger charge is -2.21. The molecule has 0 rings (SSSR count). The van der Waals surface area contributed by atoms with Gasteiger partial charge in [0, 0.05) is 19.3 Å². The van der Waals surface area contributed by atoms with Crippen LogP contribution in [0.1, 0.15) is 252 Å². The zero-order valence-corrected chi connectivity index (χ0v) is 46.8. The van der Waals surface area contributed by atoms with Crippen molar-refractivity contribution < 1.29 is 52.2 Å². The quantitative estimate of drug-likeness (QED) is 0.0197. The number of allylic oxidation sites excluding steroid dienone is 12. The number of rotatable bonds is 53. The topological polar surface area (TPSA) is 155 Å². The highest BCUT2D eigenvalue weighted by Gasteiger charge is 2.28. The predicted octanol–water partition coefficient (Wildman–Crippen LogP) is 16.9. The van der Waals surface area contributed by atoms with Crippen LogP contribution in [0.2, 0.25) is 0 Å². The fourth-order valence-corrected chi connectivity index (χ4v) is 8.51. The second-order valence-corrected chi connectivity index (χ2v) is 20.5. The summed E-state index contributed by atoms with van der Waals surface area (Å²) in [6, 6.07) is 0. The molecule has 0 heterocycles. The van der Waals surface area contributed by atoms with Crippen LogP contribution in [0.3, 0.4) is 0 Å². The van der Waals surface area contributed by atoms with Gasteiger partial charge in [0.15, 0.2) is 6.10 Å². The largest absolute Gasteiger partial charge is 0.472 e. The summed E-state index contributed by atoms with van der Waals surface area (Å²) in [5, 5.41) is 9.81. The molecule has 0 saturated heterocycles. The van der Waals surface area contributed by atoms with Crippen molar-refractivity contribution in [2.75, 3.05) is 26.4 Å². The van der Waals surface area contributed by atoms with Crippen LogP contribution in [0.5, 0.6) is 0 Å². The van der Waals surface area contributed by atoms with Crippen LogP contribution in [-0.2, 0) is 42.2 Å². The van der Waals surface area contributed by atoms with E-state index in [1.165, 1.54) is 89.9 Å². The van der Waals surface area contributed by atoms with E-state index in [0.717, 1.165) is 103 Å². The molecule has 3 atom stereocenters. The Kier molecular flexibility index (Phi) is 51.9. The van der Waals surface area contributed by atoms with E-state index in [2.05, 4.69) is 93.7 Å². The molecule has 0 aromatic carbocycles. The summed E-state index contributed by atoms with van der Waals surface area (Å²) < 4.78 is 39.5. The molecular formula is C60H105O11P. The maximum absolute atomic E-state index is 12.9. The molecule has 0 aliphatic heterocycles. The molecule has 11 nitrogen and oxygen atoms in total. The Hall–Kier alpha value is -3.08. The Balaban J connectivity index is 4.77. The molecule has 416 valence electrons. The molecule has 3 unspecified atom stereocenters. The number of phosphoric ester groups is 1. The molecule has 0 saturated carbocycles. The van der Waals surface area contributed by atoms with Crippen molar-refractivity contribution in [2.45, 2.75) is 264 Å². The average molecular weight is 1030 g/mol. The van der Waals surface area contributed by atoms with Crippen molar-refractivity contribution in [3.63, 3.8) is 0 Å². The SMILES string of the molecule is CC/C=C\C/C=C\C/C=C\C/C=C\CCCCC(=O)OCC(COP(=O)(O)OCC(CO)OC(=O)CCCCCCCCCCCCCCCCC)OC(=O)CCCCCCC/C=C\C/C=C\CCCCC. The molecular weight excluding hydrogens is 928 g/mol. The summed E-state index contributed by atoms with van der Waals surface area (Å²) in [6.07, 6.45) is 60.0. The highest BCUT2D eigenvalue weighted by Crippen LogP contribution is 2.43. The number of phosphoric acid groups is 1. The summed E-state index contributed by atoms with van der Waals surface area (Å²) in [5.74, 6) is -1.53. The Morgan fingerprint density at radius 1 is 0.403 bits per heavy atom. The molecule has 0 amide bonds. The van der Waals surface area contributed by atoms with E-state index < -0.39 is 57.8 Å². The van der Waals surface area contributed by atoms with Gasteiger partial charge in [-0.05, 0) is 89.9 Å². The fraction of sp³-hybridized carbons (Fsp3) is 0.750. The van der Waals surface area contributed by atoms with Crippen LogP contribution >= 0.6 is 7.82 Å². The van der Waals surface area contributed by atoms with E-state index in [4.69, 9.17) is 23.3 Å². The molecule has 0 aromatic rings. The molecule has 0 bridgehead atoms. The van der Waals surface area contributed by atoms with Gasteiger partial charge in [-0.15, -0.1) is 0 Å². The monoisotopic (exact) mass is 1030 g/mol. The van der Waals surface area contributed by atoms with Gasteiger partial charge >= 0.3 is 25.7 Å². The summed E-state index contributed by atoms with van der Waals surface area (Å²) in [7, 11) is -4.76. The zero-order valence-electron chi connectivity index (χ0n) is 45.9. The second-order valence-electron chi connectivity index (χ2n) is 19.1. The van der Waals surface area contributed by atoms with Gasteiger partial charge in [0.25, 0.3) is 0 Å². The van der Waals surface area contributed by atoms with E-state index >= 15 is 0 Å². The highest BCUT2D eigenvalue weighted by atomic mass is 31.2. The number of hydrogen-bond acceptors (Lipinski definition) is 10. The van der Waals surface area contributed by atoms with Crippen LogP contribution in [-0.4, -0.2) is 66.5 Å². The van der Waals surface area contributed by atoms with Crippen molar-refractivity contribution in [3.8, 4) is 0 Å². The standard InChI is InChI=1S/C60H105O11P/c1-4-7-10-13-16-19-22-25-28-31-34-37-40-43-46-49-58(62)67-53-57(71-60(64)51-48-45-42-39-36-33-30-27-24-21-18-15-12-9-6-3)55-69-72(65,66)68-54-56(52-61)70-59(63)50-47-44-41-38-35-32-29-26-23-20-17-14-11-8-5-2/h7,10,16,18-19,21,25,27-28,30,34,37,56-57,61H,4-6,8-9,11-15,17,20,22-24,26,29,31-33,35-36,38-55H2,1-3H3,(H,65,66)/b10-7-,19-16-,21-18-,28-25-,30-27-,37-34-. The van der Waals surface area contributed by atoms with Crippen LogP contribution in [0.25, 0.3) is 0 Å². The first-order valence-electron chi connectivity index (χ1n) is 28.8. The lowest BCUT2D eigenvalue weighted by molar-refractivity contribution is -0.161. The number of hydrogen-bond donors (Lipinski definition) is 2. The minimum Gasteiger partial charge on any atom is -0.462 e. The van der Waals surface area contributed by atoms with E-state index in [1.807, 2.05) is 0 Å². The van der Waals surface area contributed by atoms with Gasteiger partial charge in [-0.25, -0.2) is 4.57 Å². The Bertz CT molecular complexity index is 1490. The summed E-state index contributed by atoms with van der Waals surface area (Å²) in [5.41, 5.74) is 0. The van der Waals surface area contributed by atoms with Crippen molar-refractivity contribution in [3.05, 3.63) is 72.9 Å². The van der Waals surface area contributed by atoms with Crippen molar-refractivity contribution >= 4 is 25.7 Å². The molecule has 2 N–H and O–H groups in total. The zero-order chi connectivity index (χ0) is 52.7. The lowest BCUT2D eigenvalue weighted by Crippen LogP contribution is -2.30. The minimum absolute atomic E-state index is 0.141. The van der Waals surface area contributed by atoms with Gasteiger partial charge in [-0.1, -0.05) is 216 Å². The third kappa shape index (κ3) is 51.8. The Morgan fingerprint density at radius 2 is 0.722 bits per heavy atom. The summed E-state index contributed by atoms with van der Waals surface area (Å²) >= 11 is 0. The maximum Gasteiger partial charge on any atom is 0.472 e. The average Bonchev–Trinajstić information content (AvgIpc) is 3.37. The smallest absolute Gasteiger partial charge is 0.462 e. The van der Waals surface area contributed by atoms with Crippen LogP contribution < -0.4 is 0 Å². The van der Waals surface area contributed by atoms with Crippen LogP contribution in [0.4, 0.5) is 0 Å². The fourth-order valence-electron chi connectivity index (χ4n) is 7.73. The van der Waals surface area contributed by atoms with Gasteiger partial charge in [0.2, 0.25) is 0 Å². The molecule has 0 radical (unpaired) electrons. The number of ether oxygens (including phenoxy) is 3. The van der Waals surface area contributed by atoms with Gasteiger partial charge in [-0.2, -0.15) is 0 Å². The van der Waals surface area contributed by atoms with Crippen molar-refractivity contribution in [2.24, 2.45) is 0 Å². The highest BCUT2D eigenvalue weighted by molar-refractivity contribution is 7.47. The number of aliphatic hydroxyl groups excluding tert-OH is 1. The molecule has 72 heavy (non-hydrogen) atoms. The van der Waals surface area contributed by atoms with Crippen molar-refractivity contribution in [1.82, 2.24) is 0 Å². The first-order valence-corrected chi connectivity index (χ1v) is 30.3. The molecule has 0 aliphatic rings. The second kappa shape index (κ2) is 54.2. The first-order chi connectivity index (χ1) is 35.2. The molecule has 12 heteroatoms. The third-order valence-corrected chi connectivity index (χ3v) is 13.1. The molecule has 0 fully saturated rings. The normalized spacial score (nSPS) is 13.9. The lowest BCUT2D eigenvalue weighted by atomic mass is 10.0. The predicted molar refractivity (Wildman–Crippen MR) is 298 cm³/mol. The Labute approximate surface area is 439 Å². The number of carbonyl (C=O) groups excluding carboxylic acids is 3. The van der Waals surface area contributed by atoms with Crippen LogP contribution in [0, 0.1) is 0 Å². The Morgan fingerprint density at radius 3 is 1.17 bits per heavy atom.